The highest BCUT2D eigenvalue weighted by molar-refractivity contribution is 7.92. The molecule has 6 nitrogen and oxygen atoms in total. The van der Waals surface area contributed by atoms with Crippen LogP contribution in [0.3, 0.4) is 0 Å². The van der Waals surface area contributed by atoms with E-state index in [0.29, 0.717) is 9.38 Å². The van der Waals surface area contributed by atoms with Crippen molar-refractivity contribution in [1.82, 2.24) is 16.0 Å². The highest BCUT2D eigenvalue weighted by atomic mass is 32.2. The zero-order valence-corrected chi connectivity index (χ0v) is 15.1. The molecule has 0 aromatic heterocycles. The smallest absolute Gasteiger partial charge is 0.233 e. The number of likely N-dealkylation sites (N-methyl/N-ethyl adjacent to an activating group) is 4. The predicted octanol–water partition coefficient (Wildman–Crippen LogP) is -0.154. The molecule has 0 fully saturated rings. The van der Waals surface area contributed by atoms with Gasteiger partial charge in [-0.25, -0.2) is 8.42 Å². The molecule has 0 aliphatic heterocycles. The van der Waals surface area contributed by atoms with Crippen molar-refractivity contribution in [3.63, 3.8) is 0 Å². The number of hydrogen-bond donors (Lipinski definition) is 3. The Morgan fingerprint density at radius 3 is 1.77 bits per heavy atom. The van der Waals surface area contributed by atoms with Gasteiger partial charge in [-0.3, -0.25) is 0 Å². The minimum Gasteiger partial charge on any atom is -0.314 e. The average Bonchev–Trinajstić information content (AvgIpc) is 2.46. The molecule has 0 saturated carbocycles. The Balaban J connectivity index is 3.41. The molecule has 1 rings (SSSR count). The number of hydrogen-bond acceptors (Lipinski definition) is 5. The molecule has 0 aliphatic rings. The Hall–Kier alpha value is -0.990. The molecular weight excluding hydrogens is 300 g/mol. The van der Waals surface area contributed by atoms with Crippen molar-refractivity contribution in [2.45, 2.75) is 22.5 Å². The minimum absolute atomic E-state index is 0.175. The van der Waals surface area contributed by atoms with Crippen LogP contribution in [0.15, 0.2) is 35.2 Å². The third kappa shape index (κ3) is 4.05. The van der Waals surface area contributed by atoms with Gasteiger partial charge in [0.25, 0.3) is 0 Å². The van der Waals surface area contributed by atoms with Crippen molar-refractivity contribution in [2.75, 3.05) is 42.3 Å². The standard InChI is InChI=1S/C15H29N4O2S/c1-16-13(14(17-2)18-3)15(19(4,5)6)22(20,21)12-10-8-7-9-11-12/h7-11,13-18H,1-6H3/q+1/t13-,15?/m0/s1. The summed E-state index contributed by atoms with van der Waals surface area (Å²) in [6.07, 6.45) is -0.175. The van der Waals surface area contributed by atoms with Gasteiger partial charge < -0.3 is 20.4 Å². The molecule has 1 unspecified atom stereocenters. The Labute approximate surface area is 134 Å². The van der Waals surface area contributed by atoms with E-state index in [1.54, 1.807) is 31.3 Å². The second kappa shape index (κ2) is 7.52. The van der Waals surface area contributed by atoms with E-state index in [4.69, 9.17) is 0 Å². The van der Waals surface area contributed by atoms with Crippen molar-refractivity contribution in [2.24, 2.45) is 0 Å². The van der Waals surface area contributed by atoms with Crippen molar-refractivity contribution >= 4 is 9.84 Å². The summed E-state index contributed by atoms with van der Waals surface area (Å²) in [5, 5.41) is 8.78. The van der Waals surface area contributed by atoms with Gasteiger partial charge in [-0.2, -0.15) is 0 Å². The van der Waals surface area contributed by atoms with Crippen LogP contribution in [0.4, 0.5) is 0 Å². The van der Waals surface area contributed by atoms with Crippen LogP contribution < -0.4 is 16.0 Å². The molecule has 1 aromatic rings. The van der Waals surface area contributed by atoms with E-state index in [2.05, 4.69) is 16.0 Å². The summed E-state index contributed by atoms with van der Waals surface area (Å²) in [5.41, 5.74) is 0. The van der Waals surface area contributed by atoms with Crippen LogP contribution in [-0.4, -0.2) is 72.8 Å². The first kappa shape index (κ1) is 19.1. The van der Waals surface area contributed by atoms with Crippen molar-refractivity contribution < 1.29 is 12.9 Å². The fraction of sp³-hybridized carbons (Fsp3) is 0.600. The third-order valence-corrected chi connectivity index (χ3v) is 6.27. The highest BCUT2D eigenvalue weighted by Gasteiger charge is 2.46. The third-order valence-electron chi connectivity index (χ3n) is 3.77. The number of sulfone groups is 1. The molecule has 22 heavy (non-hydrogen) atoms. The second-order valence-electron chi connectivity index (χ2n) is 6.23. The van der Waals surface area contributed by atoms with E-state index in [9.17, 15) is 8.42 Å². The van der Waals surface area contributed by atoms with Gasteiger partial charge in [0, 0.05) is 0 Å². The first-order valence-electron chi connectivity index (χ1n) is 7.32. The Kier molecular flexibility index (Phi) is 6.51. The summed E-state index contributed by atoms with van der Waals surface area (Å²) in [6, 6.07) is 8.32. The van der Waals surface area contributed by atoms with Crippen LogP contribution in [0.2, 0.25) is 0 Å². The van der Waals surface area contributed by atoms with Crippen LogP contribution in [0.5, 0.6) is 0 Å². The van der Waals surface area contributed by atoms with E-state index in [1.165, 1.54) is 0 Å². The molecule has 0 spiro atoms. The maximum atomic E-state index is 13.2. The number of nitrogens with one attached hydrogen (secondary N) is 3. The normalized spacial score (nSPS) is 15.8. The lowest BCUT2D eigenvalue weighted by molar-refractivity contribution is -0.883. The molecule has 0 amide bonds. The van der Waals surface area contributed by atoms with Crippen molar-refractivity contribution in [3.05, 3.63) is 30.3 Å². The molecule has 7 heteroatoms. The molecule has 0 bridgehead atoms. The lowest BCUT2D eigenvalue weighted by Crippen LogP contribution is -2.67. The fourth-order valence-corrected chi connectivity index (χ4v) is 5.15. The van der Waals surface area contributed by atoms with Crippen LogP contribution in [0.25, 0.3) is 0 Å². The van der Waals surface area contributed by atoms with Gasteiger partial charge >= 0.3 is 0 Å². The Morgan fingerprint density at radius 1 is 0.909 bits per heavy atom. The summed E-state index contributed by atoms with van der Waals surface area (Å²) in [5.74, 6) is 0. The Bertz CT molecular complexity index is 551. The molecular formula is C15H29N4O2S+. The monoisotopic (exact) mass is 329 g/mol. The molecule has 126 valence electrons. The predicted molar refractivity (Wildman–Crippen MR) is 90.2 cm³/mol. The highest BCUT2D eigenvalue weighted by Crippen LogP contribution is 2.24. The van der Waals surface area contributed by atoms with Crippen molar-refractivity contribution in [3.8, 4) is 0 Å². The van der Waals surface area contributed by atoms with Crippen LogP contribution in [0, 0.1) is 0 Å². The van der Waals surface area contributed by atoms with Gasteiger partial charge in [0.1, 0.15) is 6.04 Å². The molecule has 1 aromatic carbocycles. The first-order valence-corrected chi connectivity index (χ1v) is 8.86. The summed E-state index contributed by atoms with van der Waals surface area (Å²) in [4.78, 5) is 0.347. The number of quaternary nitrogens is 1. The summed E-state index contributed by atoms with van der Waals surface area (Å²) >= 11 is 0. The van der Waals surface area contributed by atoms with Gasteiger partial charge in [0.2, 0.25) is 15.2 Å². The fourth-order valence-electron chi connectivity index (χ4n) is 2.82. The molecule has 3 N–H and O–H groups in total. The molecule has 0 aliphatic carbocycles. The maximum Gasteiger partial charge on any atom is 0.233 e. The number of rotatable bonds is 8. The van der Waals surface area contributed by atoms with Gasteiger partial charge in [0.05, 0.1) is 32.2 Å². The van der Waals surface area contributed by atoms with Gasteiger partial charge in [-0.05, 0) is 33.3 Å². The lowest BCUT2D eigenvalue weighted by Gasteiger charge is -2.41. The van der Waals surface area contributed by atoms with E-state index < -0.39 is 15.2 Å². The summed E-state index contributed by atoms with van der Waals surface area (Å²) in [7, 11) is 7.61. The zero-order valence-electron chi connectivity index (χ0n) is 14.3. The molecule has 2 atom stereocenters. The van der Waals surface area contributed by atoms with E-state index in [1.807, 2.05) is 41.3 Å². The minimum atomic E-state index is -3.51. The maximum absolute atomic E-state index is 13.2. The summed E-state index contributed by atoms with van der Waals surface area (Å²) in [6.45, 7) is 0. The van der Waals surface area contributed by atoms with Crippen LogP contribution in [-0.2, 0) is 9.84 Å². The Morgan fingerprint density at radius 2 is 1.41 bits per heavy atom. The molecule has 0 heterocycles. The topological polar surface area (TPSA) is 70.2 Å². The van der Waals surface area contributed by atoms with E-state index >= 15 is 0 Å². The van der Waals surface area contributed by atoms with Gasteiger partial charge in [-0.15, -0.1) is 0 Å². The first-order chi connectivity index (χ1) is 10.2. The summed E-state index contributed by atoms with van der Waals surface area (Å²) < 4.78 is 26.7. The van der Waals surface area contributed by atoms with Crippen LogP contribution in [0.1, 0.15) is 0 Å². The van der Waals surface area contributed by atoms with E-state index in [-0.39, 0.29) is 12.2 Å². The quantitative estimate of drug-likeness (QED) is 0.457. The number of benzene rings is 1. The lowest BCUT2D eigenvalue weighted by atomic mass is 10.2. The van der Waals surface area contributed by atoms with E-state index in [0.717, 1.165) is 0 Å². The van der Waals surface area contributed by atoms with Gasteiger partial charge in [0.15, 0.2) is 0 Å². The SMILES string of the molecule is CNC(NC)[C@H](NC)C([N+](C)(C)C)S(=O)(=O)c1ccccc1. The van der Waals surface area contributed by atoms with Gasteiger partial charge in [-0.1, -0.05) is 18.2 Å². The average molecular weight is 329 g/mol. The van der Waals surface area contributed by atoms with Crippen LogP contribution >= 0.6 is 0 Å². The molecule has 0 radical (unpaired) electrons. The second-order valence-corrected chi connectivity index (χ2v) is 8.28. The number of nitrogens with zero attached hydrogens (tertiary/aromatic N) is 1. The largest absolute Gasteiger partial charge is 0.314 e. The van der Waals surface area contributed by atoms with Crippen molar-refractivity contribution in [1.29, 1.82) is 0 Å². The zero-order chi connectivity index (χ0) is 17.0. The molecule has 0 saturated heterocycles.